The molecule has 118 valence electrons. The Labute approximate surface area is 136 Å². The summed E-state index contributed by atoms with van der Waals surface area (Å²) in [4.78, 5) is 15.7. The van der Waals surface area contributed by atoms with Crippen LogP contribution in [-0.2, 0) is 17.8 Å². The first-order valence-corrected chi connectivity index (χ1v) is 7.93. The van der Waals surface area contributed by atoms with Crippen LogP contribution in [0, 0.1) is 20.8 Å². The van der Waals surface area contributed by atoms with Gasteiger partial charge in [0.2, 0.25) is 5.91 Å². The van der Waals surface area contributed by atoms with Gasteiger partial charge in [-0.3, -0.25) is 4.79 Å². The summed E-state index contributed by atoms with van der Waals surface area (Å²) < 4.78 is 0. The first kappa shape index (κ1) is 15.3. The summed E-state index contributed by atoms with van der Waals surface area (Å²) >= 11 is 0. The summed E-state index contributed by atoms with van der Waals surface area (Å²) in [6.45, 7) is 6.73. The van der Waals surface area contributed by atoms with Crippen LogP contribution in [0.2, 0.25) is 0 Å². The van der Waals surface area contributed by atoms with Crippen molar-refractivity contribution in [2.24, 2.45) is 0 Å². The number of aromatic nitrogens is 1. The fourth-order valence-electron chi connectivity index (χ4n) is 2.85. The lowest BCUT2D eigenvalue weighted by atomic mass is 10.1. The number of benzene rings is 2. The molecule has 1 heterocycles. The molecular formula is C20H22N2O. The van der Waals surface area contributed by atoms with E-state index in [1.165, 1.54) is 11.1 Å². The fraction of sp³-hybridized carbons (Fsp3) is 0.250. The Hall–Kier alpha value is -2.55. The number of hydrogen-bond acceptors (Lipinski definition) is 1. The number of carbonyl (C=O) groups is 1. The number of rotatable bonds is 4. The molecule has 0 aliphatic carbocycles. The summed E-state index contributed by atoms with van der Waals surface area (Å²) in [7, 11) is 0. The van der Waals surface area contributed by atoms with E-state index in [0.717, 1.165) is 27.7 Å². The second kappa shape index (κ2) is 6.29. The average molecular weight is 306 g/mol. The van der Waals surface area contributed by atoms with Gasteiger partial charge in [-0.05, 0) is 44.0 Å². The highest BCUT2D eigenvalue weighted by molar-refractivity contribution is 5.90. The van der Waals surface area contributed by atoms with Crippen LogP contribution in [0.1, 0.15) is 27.9 Å². The lowest BCUT2D eigenvalue weighted by Gasteiger charge is -2.06. The van der Waals surface area contributed by atoms with E-state index in [9.17, 15) is 4.79 Å². The van der Waals surface area contributed by atoms with Gasteiger partial charge < -0.3 is 10.3 Å². The first-order valence-electron chi connectivity index (χ1n) is 7.93. The summed E-state index contributed by atoms with van der Waals surface area (Å²) in [5.74, 6) is 0.0519. The molecule has 0 radical (unpaired) electrons. The van der Waals surface area contributed by atoms with Crippen LogP contribution in [0.3, 0.4) is 0 Å². The smallest absolute Gasteiger partial charge is 0.224 e. The minimum Gasteiger partial charge on any atom is -0.358 e. The molecule has 0 saturated heterocycles. The largest absolute Gasteiger partial charge is 0.358 e. The van der Waals surface area contributed by atoms with Gasteiger partial charge >= 0.3 is 0 Å². The van der Waals surface area contributed by atoms with Gasteiger partial charge in [0.05, 0.1) is 6.42 Å². The molecular weight excluding hydrogens is 284 g/mol. The summed E-state index contributed by atoms with van der Waals surface area (Å²) in [6.07, 6.45) is 0.404. The van der Waals surface area contributed by atoms with Gasteiger partial charge in [0.25, 0.3) is 0 Å². The van der Waals surface area contributed by atoms with Crippen molar-refractivity contribution in [3.63, 3.8) is 0 Å². The van der Waals surface area contributed by atoms with Crippen LogP contribution in [0.25, 0.3) is 10.9 Å². The Morgan fingerprint density at radius 1 is 1.00 bits per heavy atom. The Bertz CT molecular complexity index is 844. The Kier molecular flexibility index (Phi) is 4.20. The number of aromatic amines is 1. The van der Waals surface area contributed by atoms with E-state index >= 15 is 0 Å². The quantitative estimate of drug-likeness (QED) is 0.753. The first-order chi connectivity index (χ1) is 11.0. The predicted molar refractivity (Wildman–Crippen MR) is 94.5 cm³/mol. The van der Waals surface area contributed by atoms with E-state index in [0.29, 0.717) is 13.0 Å². The Balaban J connectivity index is 1.71. The van der Waals surface area contributed by atoms with Gasteiger partial charge in [0.1, 0.15) is 0 Å². The fourth-order valence-corrected chi connectivity index (χ4v) is 2.85. The van der Waals surface area contributed by atoms with Crippen molar-refractivity contribution in [3.05, 3.63) is 70.4 Å². The second-order valence-electron chi connectivity index (χ2n) is 6.22. The summed E-state index contributed by atoms with van der Waals surface area (Å²) in [5.41, 5.74) is 6.80. The van der Waals surface area contributed by atoms with E-state index in [4.69, 9.17) is 0 Å². The third kappa shape index (κ3) is 3.45. The lowest BCUT2D eigenvalue weighted by Crippen LogP contribution is -2.24. The second-order valence-corrected chi connectivity index (χ2v) is 6.22. The van der Waals surface area contributed by atoms with E-state index in [1.54, 1.807) is 0 Å². The molecule has 3 nitrogen and oxygen atoms in total. The molecule has 3 aromatic rings. The summed E-state index contributed by atoms with van der Waals surface area (Å²) in [5, 5.41) is 4.16. The van der Waals surface area contributed by atoms with Crippen LogP contribution in [-0.4, -0.2) is 10.9 Å². The monoisotopic (exact) mass is 306 g/mol. The number of carbonyl (C=O) groups excluding carboxylic acids is 1. The highest BCUT2D eigenvalue weighted by atomic mass is 16.1. The van der Waals surface area contributed by atoms with Gasteiger partial charge in [0, 0.05) is 23.1 Å². The molecule has 0 aliphatic heterocycles. The SMILES string of the molecule is Cc1ccc(CNC(=O)Cc2c(C)[nH]c3ccc(C)cc23)cc1. The van der Waals surface area contributed by atoms with Crippen LogP contribution in [0.15, 0.2) is 42.5 Å². The maximum atomic E-state index is 12.3. The van der Waals surface area contributed by atoms with Crippen LogP contribution < -0.4 is 5.32 Å². The zero-order valence-electron chi connectivity index (χ0n) is 13.9. The van der Waals surface area contributed by atoms with E-state index in [2.05, 4.69) is 66.6 Å². The Morgan fingerprint density at radius 3 is 2.43 bits per heavy atom. The Morgan fingerprint density at radius 2 is 1.70 bits per heavy atom. The van der Waals surface area contributed by atoms with Crippen LogP contribution in [0.5, 0.6) is 0 Å². The number of fused-ring (bicyclic) bond motifs is 1. The molecule has 3 rings (SSSR count). The topological polar surface area (TPSA) is 44.9 Å². The minimum atomic E-state index is 0.0519. The molecule has 0 bridgehead atoms. The zero-order chi connectivity index (χ0) is 16.4. The average Bonchev–Trinajstić information content (AvgIpc) is 2.82. The van der Waals surface area contributed by atoms with Crippen molar-refractivity contribution >= 4 is 16.8 Å². The van der Waals surface area contributed by atoms with Crippen molar-refractivity contribution in [1.29, 1.82) is 0 Å². The van der Waals surface area contributed by atoms with E-state index in [1.807, 2.05) is 6.92 Å². The molecule has 0 fully saturated rings. The highest BCUT2D eigenvalue weighted by Gasteiger charge is 2.12. The molecule has 2 aromatic carbocycles. The third-order valence-corrected chi connectivity index (χ3v) is 4.22. The van der Waals surface area contributed by atoms with Gasteiger partial charge in [-0.15, -0.1) is 0 Å². The molecule has 1 aromatic heterocycles. The van der Waals surface area contributed by atoms with Crippen LogP contribution in [0.4, 0.5) is 0 Å². The highest BCUT2D eigenvalue weighted by Crippen LogP contribution is 2.23. The van der Waals surface area contributed by atoms with E-state index in [-0.39, 0.29) is 5.91 Å². The molecule has 0 spiro atoms. The molecule has 1 amide bonds. The molecule has 0 saturated carbocycles. The number of aryl methyl sites for hydroxylation is 3. The minimum absolute atomic E-state index is 0.0519. The van der Waals surface area contributed by atoms with Gasteiger partial charge in [-0.1, -0.05) is 41.5 Å². The molecule has 0 unspecified atom stereocenters. The maximum Gasteiger partial charge on any atom is 0.224 e. The third-order valence-electron chi connectivity index (χ3n) is 4.22. The van der Waals surface area contributed by atoms with E-state index < -0.39 is 0 Å². The number of hydrogen-bond donors (Lipinski definition) is 2. The molecule has 0 aliphatic rings. The molecule has 23 heavy (non-hydrogen) atoms. The molecule has 3 heteroatoms. The van der Waals surface area contributed by atoms with Crippen molar-refractivity contribution in [1.82, 2.24) is 10.3 Å². The number of H-pyrrole nitrogens is 1. The van der Waals surface area contributed by atoms with Gasteiger partial charge in [0.15, 0.2) is 0 Å². The maximum absolute atomic E-state index is 12.3. The zero-order valence-corrected chi connectivity index (χ0v) is 13.9. The number of amides is 1. The van der Waals surface area contributed by atoms with Crippen molar-refractivity contribution in [2.75, 3.05) is 0 Å². The molecule has 0 atom stereocenters. The predicted octanol–water partition coefficient (Wildman–Crippen LogP) is 3.95. The summed E-state index contributed by atoms with van der Waals surface area (Å²) in [6, 6.07) is 14.5. The molecule has 2 N–H and O–H groups in total. The van der Waals surface area contributed by atoms with Crippen molar-refractivity contribution in [2.45, 2.75) is 33.7 Å². The standard InChI is InChI=1S/C20H22N2O/c1-13-4-7-16(8-5-13)12-21-20(23)11-17-15(3)22-19-9-6-14(2)10-18(17)19/h4-10,22H,11-12H2,1-3H3,(H,21,23). The van der Waals surface area contributed by atoms with Gasteiger partial charge in [-0.25, -0.2) is 0 Å². The van der Waals surface area contributed by atoms with Crippen molar-refractivity contribution < 1.29 is 4.79 Å². The van der Waals surface area contributed by atoms with Gasteiger partial charge in [-0.2, -0.15) is 0 Å². The van der Waals surface area contributed by atoms with Crippen LogP contribution >= 0.6 is 0 Å². The van der Waals surface area contributed by atoms with Crippen molar-refractivity contribution in [3.8, 4) is 0 Å². The lowest BCUT2D eigenvalue weighted by molar-refractivity contribution is -0.120. The normalized spacial score (nSPS) is 10.9. The number of nitrogens with one attached hydrogen (secondary N) is 2.